The standard InChI is InChI=1S/C18H29BrN2/c1-4-16(20)13-14-12-15(19)6-7-17(14)21-10-5-8-18(2,3)9-11-21/h6-7,12,16H,4-5,8-11,13,20H2,1-3H3. The molecule has 1 aliphatic rings. The summed E-state index contributed by atoms with van der Waals surface area (Å²) in [5, 5.41) is 0. The third kappa shape index (κ3) is 4.72. The highest BCUT2D eigenvalue weighted by Crippen LogP contribution is 2.33. The molecule has 1 aromatic rings. The average molecular weight is 353 g/mol. The summed E-state index contributed by atoms with van der Waals surface area (Å²) in [6, 6.07) is 6.93. The molecule has 0 radical (unpaired) electrons. The first kappa shape index (κ1) is 16.8. The third-order valence-electron chi connectivity index (χ3n) is 4.73. The first-order valence-electron chi connectivity index (χ1n) is 8.20. The fourth-order valence-electron chi connectivity index (χ4n) is 3.12. The Morgan fingerprint density at radius 3 is 2.76 bits per heavy atom. The zero-order chi connectivity index (χ0) is 15.5. The molecule has 1 heterocycles. The van der Waals surface area contributed by atoms with Crippen molar-refractivity contribution in [1.29, 1.82) is 0 Å². The minimum Gasteiger partial charge on any atom is -0.371 e. The summed E-state index contributed by atoms with van der Waals surface area (Å²) < 4.78 is 1.15. The molecule has 3 heteroatoms. The molecule has 2 nitrogen and oxygen atoms in total. The summed E-state index contributed by atoms with van der Waals surface area (Å²) in [5.74, 6) is 0. The van der Waals surface area contributed by atoms with E-state index >= 15 is 0 Å². The molecule has 0 amide bonds. The summed E-state index contributed by atoms with van der Waals surface area (Å²) in [4.78, 5) is 2.57. The lowest BCUT2D eigenvalue weighted by Crippen LogP contribution is -2.28. The van der Waals surface area contributed by atoms with Crippen molar-refractivity contribution < 1.29 is 0 Å². The van der Waals surface area contributed by atoms with E-state index in [9.17, 15) is 0 Å². The summed E-state index contributed by atoms with van der Waals surface area (Å²) >= 11 is 3.61. The van der Waals surface area contributed by atoms with Gasteiger partial charge < -0.3 is 10.6 Å². The van der Waals surface area contributed by atoms with Gasteiger partial charge in [0.05, 0.1) is 0 Å². The van der Waals surface area contributed by atoms with Crippen LogP contribution in [0, 0.1) is 5.41 Å². The Morgan fingerprint density at radius 1 is 1.29 bits per heavy atom. The van der Waals surface area contributed by atoms with Crippen molar-refractivity contribution in [2.45, 2.75) is 58.9 Å². The maximum atomic E-state index is 6.19. The van der Waals surface area contributed by atoms with E-state index in [1.807, 2.05) is 0 Å². The number of nitrogens with zero attached hydrogens (tertiary/aromatic N) is 1. The van der Waals surface area contributed by atoms with Gasteiger partial charge in [0, 0.05) is 29.3 Å². The molecule has 1 aliphatic heterocycles. The summed E-state index contributed by atoms with van der Waals surface area (Å²) in [5.41, 5.74) is 9.45. The molecule has 0 spiro atoms. The predicted molar refractivity (Wildman–Crippen MR) is 96.0 cm³/mol. The van der Waals surface area contributed by atoms with Crippen LogP contribution in [0.25, 0.3) is 0 Å². The van der Waals surface area contributed by atoms with Crippen LogP contribution in [0.2, 0.25) is 0 Å². The quantitative estimate of drug-likeness (QED) is 0.847. The van der Waals surface area contributed by atoms with Gasteiger partial charge >= 0.3 is 0 Å². The minimum absolute atomic E-state index is 0.251. The molecular formula is C18H29BrN2. The molecule has 1 saturated heterocycles. The van der Waals surface area contributed by atoms with Crippen molar-refractivity contribution in [3.8, 4) is 0 Å². The van der Waals surface area contributed by atoms with E-state index in [4.69, 9.17) is 5.73 Å². The van der Waals surface area contributed by atoms with Gasteiger partial charge in [0.15, 0.2) is 0 Å². The van der Waals surface area contributed by atoms with Gasteiger partial charge in [-0.3, -0.25) is 0 Å². The lowest BCUT2D eigenvalue weighted by Gasteiger charge is -2.27. The van der Waals surface area contributed by atoms with Crippen molar-refractivity contribution in [1.82, 2.24) is 0 Å². The largest absolute Gasteiger partial charge is 0.371 e. The fourth-order valence-corrected chi connectivity index (χ4v) is 3.53. The van der Waals surface area contributed by atoms with Crippen molar-refractivity contribution in [3.05, 3.63) is 28.2 Å². The highest BCUT2D eigenvalue weighted by Gasteiger charge is 2.24. The van der Waals surface area contributed by atoms with E-state index in [1.165, 1.54) is 37.1 Å². The zero-order valence-corrected chi connectivity index (χ0v) is 15.2. The number of hydrogen-bond donors (Lipinski definition) is 1. The van der Waals surface area contributed by atoms with E-state index in [0.29, 0.717) is 5.41 Å². The molecule has 0 bridgehead atoms. The summed E-state index contributed by atoms with van der Waals surface area (Å²) in [6.45, 7) is 9.27. The topological polar surface area (TPSA) is 29.3 Å². The molecule has 118 valence electrons. The highest BCUT2D eigenvalue weighted by atomic mass is 79.9. The third-order valence-corrected chi connectivity index (χ3v) is 5.22. The van der Waals surface area contributed by atoms with Crippen LogP contribution in [-0.2, 0) is 6.42 Å². The molecule has 1 atom stereocenters. The molecular weight excluding hydrogens is 324 g/mol. The number of halogens is 1. The average Bonchev–Trinajstić information content (AvgIpc) is 2.60. The Balaban J connectivity index is 2.21. The predicted octanol–water partition coefficient (Wildman–Crippen LogP) is 4.75. The molecule has 21 heavy (non-hydrogen) atoms. The molecule has 1 unspecified atom stereocenters. The van der Waals surface area contributed by atoms with Gasteiger partial charge in [0.2, 0.25) is 0 Å². The van der Waals surface area contributed by atoms with Gasteiger partial charge in [-0.2, -0.15) is 0 Å². The minimum atomic E-state index is 0.251. The fraction of sp³-hybridized carbons (Fsp3) is 0.667. The van der Waals surface area contributed by atoms with Gasteiger partial charge in [-0.1, -0.05) is 36.7 Å². The number of hydrogen-bond acceptors (Lipinski definition) is 2. The van der Waals surface area contributed by atoms with Crippen molar-refractivity contribution in [2.75, 3.05) is 18.0 Å². The van der Waals surface area contributed by atoms with E-state index < -0.39 is 0 Å². The molecule has 1 aromatic carbocycles. The number of rotatable bonds is 4. The van der Waals surface area contributed by atoms with Crippen LogP contribution in [0.4, 0.5) is 5.69 Å². The Kier molecular flexibility index (Phi) is 5.73. The molecule has 1 fully saturated rings. The van der Waals surface area contributed by atoms with Crippen LogP contribution in [-0.4, -0.2) is 19.1 Å². The second-order valence-electron chi connectivity index (χ2n) is 7.15. The Labute approximate surface area is 138 Å². The SMILES string of the molecule is CCC(N)Cc1cc(Br)ccc1N1CCCC(C)(C)CC1. The molecule has 2 rings (SSSR count). The summed E-state index contributed by atoms with van der Waals surface area (Å²) in [7, 11) is 0. The van der Waals surface area contributed by atoms with E-state index in [2.05, 4.69) is 59.8 Å². The Bertz CT molecular complexity index is 470. The number of anilines is 1. The summed E-state index contributed by atoms with van der Waals surface area (Å²) in [6.07, 6.45) is 5.86. The maximum absolute atomic E-state index is 6.19. The van der Waals surface area contributed by atoms with Crippen LogP contribution in [0.15, 0.2) is 22.7 Å². The monoisotopic (exact) mass is 352 g/mol. The first-order valence-corrected chi connectivity index (χ1v) is 8.99. The van der Waals surface area contributed by atoms with Gasteiger partial charge in [-0.15, -0.1) is 0 Å². The second kappa shape index (κ2) is 7.15. The highest BCUT2D eigenvalue weighted by molar-refractivity contribution is 9.10. The number of benzene rings is 1. The van der Waals surface area contributed by atoms with Crippen LogP contribution in [0.1, 0.15) is 52.0 Å². The lowest BCUT2D eigenvalue weighted by atomic mass is 9.85. The lowest BCUT2D eigenvalue weighted by molar-refractivity contribution is 0.325. The Morgan fingerprint density at radius 2 is 2.05 bits per heavy atom. The normalized spacial score (nSPS) is 20.1. The van der Waals surface area contributed by atoms with Crippen LogP contribution < -0.4 is 10.6 Å². The van der Waals surface area contributed by atoms with Gasteiger partial charge in [-0.05, 0) is 61.3 Å². The molecule has 0 saturated carbocycles. The van der Waals surface area contributed by atoms with Crippen molar-refractivity contribution in [3.63, 3.8) is 0 Å². The van der Waals surface area contributed by atoms with E-state index in [1.54, 1.807) is 0 Å². The second-order valence-corrected chi connectivity index (χ2v) is 8.07. The number of nitrogens with two attached hydrogens (primary N) is 1. The van der Waals surface area contributed by atoms with Gasteiger partial charge in [0.25, 0.3) is 0 Å². The first-order chi connectivity index (χ1) is 9.91. The smallest absolute Gasteiger partial charge is 0.0400 e. The van der Waals surface area contributed by atoms with Gasteiger partial charge in [-0.25, -0.2) is 0 Å². The van der Waals surface area contributed by atoms with Crippen molar-refractivity contribution >= 4 is 21.6 Å². The molecule has 2 N–H and O–H groups in total. The Hall–Kier alpha value is -0.540. The van der Waals surface area contributed by atoms with Crippen molar-refractivity contribution in [2.24, 2.45) is 11.1 Å². The van der Waals surface area contributed by atoms with Crippen LogP contribution in [0.5, 0.6) is 0 Å². The zero-order valence-electron chi connectivity index (χ0n) is 13.7. The molecule has 0 aromatic heterocycles. The van der Waals surface area contributed by atoms with E-state index in [-0.39, 0.29) is 6.04 Å². The maximum Gasteiger partial charge on any atom is 0.0400 e. The van der Waals surface area contributed by atoms with Crippen LogP contribution >= 0.6 is 15.9 Å². The molecule has 0 aliphatic carbocycles. The van der Waals surface area contributed by atoms with E-state index in [0.717, 1.165) is 23.9 Å². The van der Waals surface area contributed by atoms with Crippen LogP contribution in [0.3, 0.4) is 0 Å². The van der Waals surface area contributed by atoms with Gasteiger partial charge in [0.1, 0.15) is 0 Å².